The zero-order valence-corrected chi connectivity index (χ0v) is 26.2. The second-order valence-corrected chi connectivity index (χ2v) is 12.5. The molecule has 0 N–H and O–H groups in total. The molecule has 1 heteroatoms. The first-order chi connectivity index (χ1) is 23.7. The van der Waals surface area contributed by atoms with E-state index in [0.29, 0.717) is 5.56 Å². The van der Waals surface area contributed by atoms with Crippen LogP contribution in [0.25, 0.3) is 87.6 Å². The molecule has 9 rings (SSSR count). The summed E-state index contributed by atoms with van der Waals surface area (Å²) in [5.74, 6) is 0. The minimum atomic E-state index is 0.660. The van der Waals surface area contributed by atoms with Gasteiger partial charge in [0.15, 0.2) is 0 Å². The smallest absolute Gasteiger partial charge is 0.0991 e. The van der Waals surface area contributed by atoms with Gasteiger partial charge in [0.25, 0.3) is 0 Å². The molecule has 0 aromatic heterocycles. The average molecular weight is 608 g/mol. The summed E-state index contributed by atoms with van der Waals surface area (Å²) in [6.07, 6.45) is 0. The molecule has 9 aromatic carbocycles. The third kappa shape index (κ3) is 4.71. The summed E-state index contributed by atoms with van der Waals surface area (Å²) >= 11 is 0. The maximum Gasteiger partial charge on any atom is 0.0991 e. The van der Waals surface area contributed by atoms with Crippen LogP contribution in [0.3, 0.4) is 0 Å². The van der Waals surface area contributed by atoms with Gasteiger partial charge in [0, 0.05) is 0 Å². The summed E-state index contributed by atoms with van der Waals surface area (Å²) in [6, 6.07) is 65.4. The highest BCUT2D eigenvalue weighted by molar-refractivity contribution is 6.22. The lowest BCUT2D eigenvalue weighted by atomic mass is 9.84. The van der Waals surface area contributed by atoms with Crippen molar-refractivity contribution in [2.75, 3.05) is 0 Å². The molecule has 0 fully saturated rings. The summed E-state index contributed by atoms with van der Waals surface area (Å²) in [5, 5.41) is 19.4. The van der Waals surface area contributed by atoms with Gasteiger partial charge in [0.1, 0.15) is 0 Å². The third-order valence-corrected chi connectivity index (χ3v) is 9.62. The topological polar surface area (TPSA) is 23.8 Å². The predicted octanol–water partition coefficient (Wildman–Crippen LogP) is 12.8. The van der Waals surface area contributed by atoms with E-state index in [1.807, 2.05) is 18.2 Å². The zero-order valence-electron chi connectivity index (χ0n) is 26.2. The van der Waals surface area contributed by atoms with Crippen LogP contribution in [0, 0.1) is 11.3 Å². The van der Waals surface area contributed by atoms with E-state index in [2.05, 4.69) is 164 Å². The molecular formula is C47H29N. The molecule has 0 aliphatic rings. The lowest BCUT2D eigenvalue weighted by molar-refractivity contribution is 1.48. The van der Waals surface area contributed by atoms with E-state index in [9.17, 15) is 5.26 Å². The lowest BCUT2D eigenvalue weighted by Gasteiger charge is -2.19. The number of hydrogen-bond donors (Lipinski definition) is 0. The van der Waals surface area contributed by atoms with E-state index in [0.717, 1.165) is 11.1 Å². The van der Waals surface area contributed by atoms with E-state index < -0.39 is 0 Å². The Bertz CT molecular complexity index is 2730. The summed E-state index contributed by atoms with van der Waals surface area (Å²) < 4.78 is 0. The number of nitrogens with zero attached hydrogens (tertiary/aromatic N) is 1. The highest BCUT2D eigenvalue weighted by Crippen LogP contribution is 2.46. The first kappa shape index (κ1) is 27.8. The molecule has 0 aliphatic carbocycles. The Kier molecular flexibility index (Phi) is 6.59. The van der Waals surface area contributed by atoms with Gasteiger partial charge in [-0.25, -0.2) is 0 Å². The van der Waals surface area contributed by atoms with E-state index in [1.54, 1.807) is 0 Å². The van der Waals surface area contributed by atoms with E-state index in [4.69, 9.17) is 0 Å². The van der Waals surface area contributed by atoms with Crippen LogP contribution in [0.15, 0.2) is 176 Å². The van der Waals surface area contributed by atoms with Crippen LogP contribution in [-0.2, 0) is 0 Å². The third-order valence-electron chi connectivity index (χ3n) is 9.62. The predicted molar refractivity (Wildman–Crippen MR) is 203 cm³/mol. The molecule has 0 spiro atoms. The zero-order chi connectivity index (χ0) is 32.0. The molecule has 9 aromatic rings. The average Bonchev–Trinajstić information content (AvgIpc) is 3.16. The van der Waals surface area contributed by atoms with Gasteiger partial charge >= 0.3 is 0 Å². The second kappa shape index (κ2) is 11.4. The summed E-state index contributed by atoms with van der Waals surface area (Å²) in [4.78, 5) is 0. The molecule has 0 amide bonds. The van der Waals surface area contributed by atoms with Crippen molar-refractivity contribution in [1.29, 1.82) is 5.26 Å². The highest BCUT2D eigenvalue weighted by atomic mass is 14.2. The van der Waals surface area contributed by atoms with Gasteiger partial charge in [-0.3, -0.25) is 0 Å². The van der Waals surface area contributed by atoms with Crippen molar-refractivity contribution < 1.29 is 0 Å². The first-order valence-electron chi connectivity index (χ1n) is 16.3. The monoisotopic (exact) mass is 607 g/mol. The van der Waals surface area contributed by atoms with E-state index >= 15 is 0 Å². The van der Waals surface area contributed by atoms with Crippen LogP contribution in [0.2, 0.25) is 0 Å². The van der Waals surface area contributed by atoms with Crippen molar-refractivity contribution in [2.24, 2.45) is 0 Å². The largest absolute Gasteiger partial charge is 0.192 e. The first-order valence-corrected chi connectivity index (χ1v) is 16.3. The fourth-order valence-corrected chi connectivity index (χ4v) is 7.30. The molecule has 0 heterocycles. The normalized spacial score (nSPS) is 11.3. The Morgan fingerprint density at radius 3 is 1.50 bits per heavy atom. The summed E-state index contributed by atoms with van der Waals surface area (Å²) in [5.41, 5.74) is 10.1. The molecule has 222 valence electrons. The molecule has 0 radical (unpaired) electrons. The SMILES string of the molecule is N#Cc1cccc(-c2ccc3c(-c4ccc5cc(-c6ccccc6)ccc5c4)c4ccccc4c(-c4ccc5ccccc5c4)c3c2)c1. The molecule has 0 aliphatic heterocycles. The Morgan fingerprint density at radius 1 is 0.292 bits per heavy atom. The number of hydrogen-bond acceptors (Lipinski definition) is 1. The molecular weight excluding hydrogens is 579 g/mol. The Hall–Kier alpha value is -6.49. The van der Waals surface area contributed by atoms with Crippen LogP contribution < -0.4 is 0 Å². The maximum atomic E-state index is 9.64. The van der Waals surface area contributed by atoms with Crippen LogP contribution >= 0.6 is 0 Å². The number of fused-ring (bicyclic) bond motifs is 4. The molecule has 48 heavy (non-hydrogen) atoms. The fourth-order valence-electron chi connectivity index (χ4n) is 7.30. The van der Waals surface area contributed by atoms with Crippen molar-refractivity contribution in [3.05, 3.63) is 181 Å². The number of benzene rings is 9. The fraction of sp³-hybridized carbons (Fsp3) is 0. The standard InChI is InChI=1S/C47H29N/c48-30-31-9-8-14-34(25-31)39-23-24-44-45(29-39)47(41-21-17-33-12-4-5-13-35(33)27-41)43-16-7-6-15-42(43)46(44)40-22-20-37-26-36(18-19-38(37)28-40)32-10-2-1-3-11-32/h1-29H. The Morgan fingerprint density at radius 2 is 0.771 bits per heavy atom. The number of nitriles is 1. The van der Waals surface area contributed by atoms with Crippen LogP contribution in [0.1, 0.15) is 5.56 Å². The van der Waals surface area contributed by atoms with Gasteiger partial charge in [0.2, 0.25) is 0 Å². The summed E-state index contributed by atoms with van der Waals surface area (Å²) in [7, 11) is 0. The van der Waals surface area contributed by atoms with Crippen molar-refractivity contribution >= 4 is 43.1 Å². The Balaban J connectivity index is 1.33. The van der Waals surface area contributed by atoms with E-state index in [-0.39, 0.29) is 0 Å². The quantitative estimate of drug-likeness (QED) is 0.183. The van der Waals surface area contributed by atoms with Gasteiger partial charge in [-0.05, 0) is 124 Å². The second-order valence-electron chi connectivity index (χ2n) is 12.5. The minimum Gasteiger partial charge on any atom is -0.192 e. The molecule has 0 bridgehead atoms. The molecule has 0 saturated heterocycles. The molecule has 0 atom stereocenters. The van der Waals surface area contributed by atoms with Crippen LogP contribution in [0.5, 0.6) is 0 Å². The van der Waals surface area contributed by atoms with Gasteiger partial charge in [-0.15, -0.1) is 0 Å². The summed E-state index contributed by atoms with van der Waals surface area (Å²) in [6.45, 7) is 0. The van der Waals surface area contributed by atoms with Gasteiger partial charge < -0.3 is 0 Å². The molecule has 0 unspecified atom stereocenters. The van der Waals surface area contributed by atoms with Crippen molar-refractivity contribution in [1.82, 2.24) is 0 Å². The van der Waals surface area contributed by atoms with E-state index in [1.165, 1.54) is 76.5 Å². The molecule has 0 saturated carbocycles. The van der Waals surface area contributed by atoms with Crippen molar-refractivity contribution in [3.8, 4) is 50.6 Å². The minimum absolute atomic E-state index is 0.660. The molecule has 1 nitrogen and oxygen atoms in total. The highest BCUT2D eigenvalue weighted by Gasteiger charge is 2.18. The van der Waals surface area contributed by atoms with Crippen molar-refractivity contribution in [2.45, 2.75) is 0 Å². The van der Waals surface area contributed by atoms with Gasteiger partial charge in [-0.2, -0.15) is 5.26 Å². The van der Waals surface area contributed by atoms with Crippen LogP contribution in [0.4, 0.5) is 0 Å². The lowest BCUT2D eigenvalue weighted by Crippen LogP contribution is -1.92. The van der Waals surface area contributed by atoms with Gasteiger partial charge in [-0.1, -0.05) is 140 Å². The number of rotatable bonds is 4. The Labute approximate surface area is 279 Å². The van der Waals surface area contributed by atoms with Crippen molar-refractivity contribution in [3.63, 3.8) is 0 Å². The maximum absolute atomic E-state index is 9.64. The van der Waals surface area contributed by atoms with Gasteiger partial charge in [0.05, 0.1) is 11.6 Å². The van der Waals surface area contributed by atoms with Crippen LogP contribution in [-0.4, -0.2) is 0 Å².